The SMILES string of the molecule is COCCNC1(c2nccs2)CCN(C)C(C)C1. The van der Waals surface area contributed by atoms with Gasteiger partial charge in [-0.05, 0) is 26.8 Å². The van der Waals surface area contributed by atoms with E-state index in [-0.39, 0.29) is 5.54 Å². The number of methoxy groups -OCH3 is 1. The molecule has 0 amide bonds. The van der Waals surface area contributed by atoms with Crippen LogP contribution in [0, 0.1) is 0 Å². The number of piperidine rings is 1. The number of hydrogen-bond acceptors (Lipinski definition) is 5. The number of likely N-dealkylation sites (tertiary alicyclic amines) is 1. The molecule has 0 saturated carbocycles. The van der Waals surface area contributed by atoms with Gasteiger partial charge in [0.25, 0.3) is 0 Å². The zero-order valence-corrected chi connectivity index (χ0v) is 12.3. The summed E-state index contributed by atoms with van der Waals surface area (Å²) >= 11 is 1.76. The Morgan fingerprint density at radius 3 is 3.11 bits per heavy atom. The molecule has 1 aromatic rings. The van der Waals surface area contributed by atoms with E-state index in [4.69, 9.17) is 4.74 Å². The standard InChI is InChI=1S/C13H23N3OS/c1-11-10-13(4-7-16(11)2,15-5-8-17-3)12-14-6-9-18-12/h6,9,11,15H,4-5,7-8,10H2,1-3H3. The normalized spacial score (nSPS) is 29.6. The third kappa shape index (κ3) is 2.91. The van der Waals surface area contributed by atoms with Crippen molar-refractivity contribution in [2.75, 3.05) is 33.9 Å². The van der Waals surface area contributed by atoms with Crippen LogP contribution in [0.4, 0.5) is 0 Å². The van der Waals surface area contributed by atoms with E-state index in [0.717, 1.165) is 32.5 Å². The van der Waals surface area contributed by atoms with Crippen LogP contribution < -0.4 is 5.32 Å². The van der Waals surface area contributed by atoms with Crippen molar-refractivity contribution < 1.29 is 4.74 Å². The predicted molar refractivity (Wildman–Crippen MR) is 75.0 cm³/mol. The fourth-order valence-electron chi connectivity index (χ4n) is 2.63. The first-order valence-corrected chi connectivity index (χ1v) is 7.40. The smallest absolute Gasteiger partial charge is 0.113 e. The van der Waals surface area contributed by atoms with E-state index in [1.165, 1.54) is 5.01 Å². The lowest BCUT2D eigenvalue weighted by Crippen LogP contribution is -2.54. The summed E-state index contributed by atoms with van der Waals surface area (Å²) in [6, 6.07) is 0.581. The van der Waals surface area contributed by atoms with E-state index in [2.05, 4.69) is 34.6 Å². The second kappa shape index (κ2) is 6.10. The van der Waals surface area contributed by atoms with Gasteiger partial charge >= 0.3 is 0 Å². The molecule has 1 saturated heterocycles. The number of aromatic nitrogens is 1. The van der Waals surface area contributed by atoms with Gasteiger partial charge in [-0.3, -0.25) is 0 Å². The first kappa shape index (κ1) is 13.9. The van der Waals surface area contributed by atoms with Crippen LogP contribution in [0.15, 0.2) is 11.6 Å². The Bertz CT molecular complexity index is 357. The maximum Gasteiger partial charge on any atom is 0.113 e. The maximum atomic E-state index is 5.15. The highest BCUT2D eigenvalue weighted by atomic mass is 32.1. The molecule has 1 N–H and O–H groups in total. The molecule has 0 radical (unpaired) electrons. The van der Waals surface area contributed by atoms with Gasteiger partial charge in [0.1, 0.15) is 5.01 Å². The molecule has 0 aliphatic carbocycles. The van der Waals surface area contributed by atoms with Gasteiger partial charge in [-0.25, -0.2) is 4.98 Å². The summed E-state index contributed by atoms with van der Waals surface area (Å²) in [6.07, 6.45) is 4.13. The van der Waals surface area contributed by atoms with Crippen molar-refractivity contribution in [1.29, 1.82) is 0 Å². The van der Waals surface area contributed by atoms with Gasteiger partial charge in [-0.15, -0.1) is 11.3 Å². The van der Waals surface area contributed by atoms with Gasteiger partial charge in [0.2, 0.25) is 0 Å². The lowest BCUT2D eigenvalue weighted by Gasteiger charge is -2.44. The molecule has 102 valence electrons. The van der Waals surface area contributed by atoms with E-state index >= 15 is 0 Å². The van der Waals surface area contributed by atoms with Crippen LogP contribution in [0.2, 0.25) is 0 Å². The molecule has 1 aliphatic rings. The monoisotopic (exact) mass is 269 g/mol. The molecular formula is C13H23N3OS. The number of rotatable bonds is 5. The number of ether oxygens (including phenoxy) is 1. The summed E-state index contributed by atoms with van der Waals surface area (Å²) in [5.74, 6) is 0. The Labute approximate surface area is 113 Å². The van der Waals surface area contributed by atoms with Crippen LogP contribution in [0.1, 0.15) is 24.8 Å². The highest BCUT2D eigenvalue weighted by Gasteiger charge is 2.39. The van der Waals surface area contributed by atoms with Gasteiger partial charge in [-0.1, -0.05) is 0 Å². The quantitative estimate of drug-likeness (QED) is 0.826. The lowest BCUT2D eigenvalue weighted by molar-refractivity contribution is 0.0961. The molecule has 2 rings (SSSR count). The van der Waals surface area contributed by atoms with Crippen LogP contribution in [0.5, 0.6) is 0 Å². The Morgan fingerprint density at radius 1 is 1.67 bits per heavy atom. The Kier molecular flexibility index (Phi) is 4.72. The van der Waals surface area contributed by atoms with E-state index in [1.54, 1.807) is 18.4 Å². The minimum absolute atomic E-state index is 0.0403. The van der Waals surface area contributed by atoms with E-state index in [0.29, 0.717) is 6.04 Å². The number of nitrogens with zero attached hydrogens (tertiary/aromatic N) is 2. The third-order valence-electron chi connectivity index (χ3n) is 3.90. The lowest BCUT2D eigenvalue weighted by atomic mass is 9.84. The minimum Gasteiger partial charge on any atom is -0.383 e. The summed E-state index contributed by atoms with van der Waals surface area (Å²) in [5, 5.41) is 6.97. The van der Waals surface area contributed by atoms with Crippen molar-refractivity contribution in [2.45, 2.75) is 31.3 Å². The third-order valence-corrected chi connectivity index (χ3v) is 4.88. The molecule has 1 aromatic heterocycles. The Morgan fingerprint density at radius 2 is 2.50 bits per heavy atom. The zero-order valence-electron chi connectivity index (χ0n) is 11.5. The minimum atomic E-state index is 0.0403. The van der Waals surface area contributed by atoms with Crippen LogP contribution in [0.3, 0.4) is 0 Å². The molecule has 0 bridgehead atoms. The average Bonchev–Trinajstić information content (AvgIpc) is 2.88. The van der Waals surface area contributed by atoms with E-state index in [9.17, 15) is 0 Å². The van der Waals surface area contributed by atoms with Crippen LogP contribution in [-0.4, -0.2) is 49.8 Å². The molecule has 18 heavy (non-hydrogen) atoms. The van der Waals surface area contributed by atoms with Crippen molar-refractivity contribution in [3.8, 4) is 0 Å². The number of nitrogens with one attached hydrogen (secondary N) is 1. The fourth-order valence-corrected chi connectivity index (χ4v) is 3.49. The van der Waals surface area contributed by atoms with Crippen LogP contribution in [0.25, 0.3) is 0 Å². The number of thiazole rings is 1. The fraction of sp³-hybridized carbons (Fsp3) is 0.769. The van der Waals surface area contributed by atoms with Crippen molar-refractivity contribution in [3.63, 3.8) is 0 Å². The summed E-state index contributed by atoms with van der Waals surface area (Å²) in [5.41, 5.74) is 0.0403. The Balaban J connectivity index is 2.13. The van der Waals surface area contributed by atoms with Gasteiger partial charge in [0.05, 0.1) is 12.1 Å². The zero-order chi connectivity index (χ0) is 13.0. The molecule has 0 spiro atoms. The highest BCUT2D eigenvalue weighted by Crippen LogP contribution is 2.36. The predicted octanol–water partition coefficient (Wildman–Crippen LogP) is 1.69. The summed E-state index contributed by atoms with van der Waals surface area (Å²) in [6.45, 7) is 5.03. The molecule has 2 atom stereocenters. The summed E-state index contributed by atoms with van der Waals surface area (Å²) < 4.78 is 5.15. The molecule has 0 aromatic carbocycles. The second-order valence-electron chi connectivity index (χ2n) is 5.12. The molecule has 5 heteroatoms. The molecule has 4 nitrogen and oxygen atoms in total. The second-order valence-corrected chi connectivity index (χ2v) is 6.02. The van der Waals surface area contributed by atoms with Gasteiger partial charge in [0, 0.05) is 37.8 Å². The summed E-state index contributed by atoms with van der Waals surface area (Å²) in [7, 11) is 3.95. The first-order valence-electron chi connectivity index (χ1n) is 6.52. The van der Waals surface area contributed by atoms with Crippen molar-refractivity contribution in [1.82, 2.24) is 15.2 Å². The van der Waals surface area contributed by atoms with Gasteiger partial charge < -0.3 is 15.0 Å². The summed E-state index contributed by atoms with van der Waals surface area (Å²) in [4.78, 5) is 6.97. The van der Waals surface area contributed by atoms with Crippen LogP contribution >= 0.6 is 11.3 Å². The average molecular weight is 269 g/mol. The van der Waals surface area contributed by atoms with Crippen molar-refractivity contribution in [2.24, 2.45) is 0 Å². The van der Waals surface area contributed by atoms with Crippen LogP contribution in [-0.2, 0) is 10.3 Å². The van der Waals surface area contributed by atoms with Crippen molar-refractivity contribution >= 4 is 11.3 Å². The van der Waals surface area contributed by atoms with E-state index in [1.807, 2.05) is 6.20 Å². The number of hydrogen-bond donors (Lipinski definition) is 1. The van der Waals surface area contributed by atoms with Gasteiger partial charge in [-0.2, -0.15) is 0 Å². The first-order chi connectivity index (χ1) is 8.68. The molecular weight excluding hydrogens is 246 g/mol. The Hall–Kier alpha value is -0.490. The largest absolute Gasteiger partial charge is 0.383 e. The molecule has 1 aliphatic heterocycles. The molecule has 1 fully saturated rings. The topological polar surface area (TPSA) is 37.4 Å². The maximum absolute atomic E-state index is 5.15. The van der Waals surface area contributed by atoms with Crippen molar-refractivity contribution in [3.05, 3.63) is 16.6 Å². The van der Waals surface area contributed by atoms with Gasteiger partial charge in [0.15, 0.2) is 0 Å². The van der Waals surface area contributed by atoms with E-state index < -0.39 is 0 Å². The highest BCUT2D eigenvalue weighted by molar-refractivity contribution is 7.09. The molecule has 2 heterocycles. The molecule has 2 unspecified atom stereocenters.